The second kappa shape index (κ2) is 6.02. The van der Waals surface area contributed by atoms with Gasteiger partial charge >= 0.3 is 0 Å². The van der Waals surface area contributed by atoms with Gasteiger partial charge in [-0.25, -0.2) is 0 Å². The van der Waals surface area contributed by atoms with Gasteiger partial charge in [0.15, 0.2) is 0 Å². The number of hydrogen-bond acceptors (Lipinski definition) is 3. The third-order valence-electron chi connectivity index (χ3n) is 2.98. The predicted molar refractivity (Wildman–Crippen MR) is 74.1 cm³/mol. The van der Waals surface area contributed by atoms with Gasteiger partial charge in [-0.05, 0) is 11.6 Å². The van der Waals surface area contributed by atoms with E-state index in [-0.39, 0.29) is 11.5 Å². The molecular weight excluding hydrogens is 254 g/mol. The number of aromatic carboxylic acids is 1. The largest absolute Gasteiger partial charge is 0.545 e. The van der Waals surface area contributed by atoms with Gasteiger partial charge in [0, 0.05) is 12.5 Å². The van der Waals surface area contributed by atoms with Gasteiger partial charge in [-0.15, -0.1) is 0 Å². The minimum atomic E-state index is -1.29. The number of rotatable bonds is 4. The standard InChI is InChI=1S/C16H15NO3/c1-12(18)17(11-13-7-3-2-4-8-13)15-10-6-5-9-14(15)16(19)20/h2-10H,11H2,1H3,(H,19,20)/p-1. The number of nitrogens with zero attached hydrogens (tertiary/aromatic N) is 1. The molecule has 0 heterocycles. The zero-order chi connectivity index (χ0) is 14.5. The van der Waals surface area contributed by atoms with Crippen molar-refractivity contribution in [2.45, 2.75) is 13.5 Å². The van der Waals surface area contributed by atoms with Crippen LogP contribution in [0.15, 0.2) is 54.6 Å². The van der Waals surface area contributed by atoms with Gasteiger partial charge < -0.3 is 14.8 Å². The van der Waals surface area contributed by atoms with Crippen molar-refractivity contribution in [3.05, 3.63) is 65.7 Å². The van der Waals surface area contributed by atoms with E-state index in [1.54, 1.807) is 18.2 Å². The Hall–Kier alpha value is -2.62. The van der Waals surface area contributed by atoms with Gasteiger partial charge in [0.2, 0.25) is 5.91 Å². The molecule has 0 saturated carbocycles. The summed E-state index contributed by atoms with van der Waals surface area (Å²) in [5.74, 6) is -1.51. The molecule has 0 saturated heterocycles. The zero-order valence-electron chi connectivity index (χ0n) is 11.1. The molecule has 1 amide bonds. The number of hydrogen-bond donors (Lipinski definition) is 0. The fourth-order valence-electron chi connectivity index (χ4n) is 2.01. The Balaban J connectivity index is 2.39. The molecule has 2 aromatic rings. The average Bonchev–Trinajstić information content (AvgIpc) is 2.45. The van der Waals surface area contributed by atoms with Gasteiger partial charge in [-0.1, -0.05) is 48.5 Å². The Morgan fingerprint density at radius 3 is 2.20 bits per heavy atom. The van der Waals surface area contributed by atoms with Crippen molar-refractivity contribution in [2.24, 2.45) is 0 Å². The third-order valence-corrected chi connectivity index (χ3v) is 2.98. The maximum Gasteiger partial charge on any atom is 0.224 e. The number of carbonyl (C=O) groups excluding carboxylic acids is 2. The molecule has 0 aliphatic carbocycles. The number of anilines is 1. The van der Waals surface area contributed by atoms with E-state index < -0.39 is 5.97 Å². The van der Waals surface area contributed by atoms with Crippen LogP contribution in [0.2, 0.25) is 0 Å². The normalized spacial score (nSPS) is 10.1. The first-order chi connectivity index (χ1) is 9.59. The lowest BCUT2D eigenvalue weighted by molar-refractivity contribution is -0.254. The Labute approximate surface area is 117 Å². The second-order valence-corrected chi connectivity index (χ2v) is 4.40. The van der Waals surface area contributed by atoms with Crippen LogP contribution in [0.25, 0.3) is 0 Å². The molecule has 0 aliphatic rings. The topological polar surface area (TPSA) is 60.4 Å². The van der Waals surface area contributed by atoms with Gasteiger partial charge in [-0.2, -0.15) is 0 Å². The molecule has 2 aromatic carbocycles. The monoisotopic (exact) mass is 268 g/mol. The number of para-hydroxylation sites is 1. The lowest BCUT2D eigenvalue weighted by atomic mass is 10.1. The number of carboxylic acids is 1. The lowest BCUT2D eigenvalue weighted by Gasteiger charge is -2.24. The quantitative estimate of drug-likeness (QED) is 0.846. The van der Waals surface area contributed by atoms with Crippen LogP contribution in [-0.4, -0.2) is 11.9 Å². The highest BCUT2D eigenvalue weighted by molar-refractivity contribution is 6.00. The van der Waals surface area contributed by atoms with Gasteiger partial charge in [0.25, 0.3) is 0 Å². The predicted octanol–water partition coefficient (Wildman–Crippen LogP) is 1.60. The summed E-state index contributed by atoms with van der Waals surface area (Å²) in [6, 6.07) is 15.8. The summed E-state index contributed by atoms with van der Waals surface area (Å²) >= 11 is 0. The highest BCUT2D eigenvalue weighted by Gasteiger charge is 2.15. The van der Waals surface area contributed by atoms with Gasteiger partial charge in [0.05, 0.1) is 18.2 Å². The fourth-order valence-corrected chi connectivity index (χ4v) is 2.01. The van der Waals surface area contributed by atoms with Crippen LogP contribution < -0.4 is 10.0 Å². The SMILES string of the molecule is CC(=O)N(Cc1ccccc1)c1ccccc1C(=O)[O-]. The first-order valence-electron chi connectivity index (χ1n) is 6.22. The summed E-state index contributed by atoms with van der Waals surface area (Å²) in [6.07, 6.45) is 0. The number of carbonyl (C=O) groups is 2. The van der Waals surface area contributed by atoms with Crippen molar-refractivity contribution in [3.8, 4) is 0 Å². The molecule has 0 aromatic heterocycles. The minimum absolute atomic E-state index is 0.0126. The molecule has 20 heavy (non-hydrogen) atoms. The van der Waals surface area contributed by atoms with E-state index in [2.05, 4.69) is 0 Å². The van der Waals surface area contributed by atoms with Crippen molar-refractivity contribution in [2.75, 3.05) is 4.90 Å². The summed E-state index contributed by atoms with van der Waals surface area (Å²) in [6.45, 7) is 1.73. The molecule has 4 heteroatoms. The molecule has 0 N–H and O–H groups in total. The Kier molecular flexibility index (Phi) is 4.15. The highest BCUT2D eigenvalue weighted by atomic mass is 16.4. The van der Waals surface area contributed by atoms with E-state index in [4.69, 9.17) is 0 Å². The summed E-state index contributed by atoms with van der Waals surface area (Å²) in [7, 11) is 0. The summed E-state index contributed by atoms with van der Waals surface area (Å²) in [4.78, 5) is 24.4. The minimum Gasteiger partial charge on any atom is -0.545 e. The van der Waals surface area contributed by atoms with Crippen molar-refractivity contribution < 1.29 is 14.7 Å². The van der Waals surface area contributed by atoms with E-state index in [0.29, 0.717) is 12.2 Å². The Morgan fingerprint density at radius 1 is 1.00 bits per heavy atom. The first kappa shape index (κ1) is 13.8. The zero-order valence-corrected chi connectivity index (χ0v) is 11.1. The summed E-state index contributed by atoms with van der Waals surface area (Å²) < 4.78 is 0. The van der Waals surface area contributed by atoms with E-state index in [1.807, 2.05) is 30.3 Å². The van der Waals surface area contributed by atoms with Crippen LogP contribution in [-0.2, 0) is 11.3 Å². The molecule has 0 fully saturated rings. The number of amides is 1. The molecule has 0 radical (unpaired) electrons. The number of carboxylic acid groups (broad SMARTS) is 1. The summed E-state index contributed by atoms with van der Waals surface area (Å²) in [5.41, 5.74) is 1.29. The average molecular weight is 268 g/mol. The van der Waals surface area contributed by atoms with E-state index in [9.17, 15) is 14.7 Å². The molecule has 0 spiro atoms. The first-order valence-corrected chi connectivity index (χ1v) is 6.22. The molecule has 4 nitrogen and oxygen atoms in total. The van der Waals surface area contributed by atoms with Crippen LogP contribution in [0.3, 0.4) is 0 Å². The maximum absolute atomic E-state index is 11.8. The molecular formula is C16H14NO3-. The number of benzene rings is 2. The van der Waals surface area contributed by atoms with Crippen LogP contribution in [0, 0.1) is 0 Å². The van der Waals surface area contributed by atoms with E-state index in [0.717, 1.165) is 5.56 Å². The van der Waals surface area contributed by atoms with Crippen molar-refractivity contribution in [3.63, 3.8) is 0 Å². The molecule has 0 unspecified atom stereocenters. The summed E-state index contributed by atoms with van der Waals surface area (Å²) in [5, 5.41) is 11.2. The van der Waals surface area contributed by atoms with Crippen LogP contribution >= 0.6 is 0 Å². The lowest BCUT2D eigenvalue weighted by Crippen LogP contribution is -2.32. The highest BCUT2D eigenvalue weighted by Crippen LogP contribution is 2.22. The molecule has 0 atom stereocenters. The molecule has 102 valence electrons. The fraction of sp³-hybridized carbons (Fsp3) is 0.125. The van der Waals surface area contributed by atoms with Gasteiger partial charge in [-0.3, -0.25) is 4.79 Å². The van der Waals surface area contributed by atoms with Crippen molar-refractivity contribution >= 4 is 17.6 Å². The smallest absolute Gasteiger partial charge is 0.224 e. The van der Waals surface area contributed by atoms with Crippen molar-refractivity contribution in [1.29, 1.82) is 0 Å². The van der Waals surface area contributed by atoms with E-state index >= 15 is 0 Å². The second-order valence-electron chi connectivity index (χ2n) is 4.40. The van der Waals surface area contributed by atoms with Crippen LogP contribution in [0.4, 0.5) is 5.69 Å². The molecule has 0 bridgehead atoms. The van der Waals surface area contributed by atoms with Crippen LogP contribution in [0.5, 0.6) is 0 Å². The van der Waals surface area contributed by atoms with Crippen LogP contribution in [0.1, 0.15) is 22.8 Å². The van der Waals surface area contributed by atoms with E-state index in [1.165, 1.54) is 17.9 Å². The van der Waals surface area contributed by atoms with Gasteiger partial charge in [0.1, 0.15) is 0 Å². The molecule has 2 rings (SSSR count). The third kappa shape index (κ3) is 3.03. The Bertz CT molecular complexity index is 623. The molecule has 0 aliphatic heterocycles. The Morgan fingerprint density at radius 2 is 1.60 bits per heavy atom. The van der Waals surface area contributed by atoms with Crippen molar-refractivity contribution in [1.82, 2.24) is 0 Å². The maximum atomic E-state index is 11.8.